The quantitative estimate of drug-likeness (QED) is 0.630. The van der Waals surface area contributed by atoms with Gasteiger partial charge in [0, 0.05) is 0 Å². The van der Waals surface area contributed by atoms with Gasteiger partial charge in [0.05, 0.1) is 17.8 Å². The molecule has 148 valence electrons. The van der Waals surface area contributed by atoms with Gasteiger partial charge in [0.1, 0.15) is 25.4 Å². The summed E-state index contributed by atoms with van der Waals surface area (Å²) in [6.07, 6.45) is 2.66. The predicted octanol–water partition coefficient (Wildman–Crippen LogP) is 1.38. The highest BCUT2D eigenvalue weighted by Crippen LogP contribution is 2.30. The molecule has 1 atom stereocenters. The molecule has 29 heavy (non-hydrogen) atoms. The molecule has 3 aromatic rings. The van der Waals surface area contributed by atoms with E-state index in [1.54, 1.807) is 41.3 Å². The fraction of sp³-hybridized carbons (Fsp3) is 0.200. The summed E-state index contributed by atoms with van der Waals surface area (Å²) in [5.41, 5.74) is 1.09. The van der Waals surface area contributed by atoms with E-state index >= 15 is 0 Å². The Morgan fingerprint density at radius 2 is 1.93 bits per heavy atom. The zero-order valence-corrected chi connectivity index (χ0v) is 15.4. The van der Waals surface area contributed by atoms with Gasteiger partial charge in [-0.1, -0.05) is 12.1 Å². The molecule has 2 aromatic carbocycles. The number of fused-ring (bicyclic) bond motifs is 1. The molecule has 0 aliphatic carbocycles. The molecule has 1 unspecified atom stereocenters. The Kier molecular flexibility index (Phi) is 5.37. The van der Waals surface area contributed by atoms with Crippen LogP contribution in [0.2, 0.25) is 0 Å². The number of hydrogen-bond donors (Lipinski definition) is 1. The molecule has 0 saturated carbocycles. The first kappa shape index (κ1) is 18.5. The molecule has 0 radical (unpaired) electrons. The van der Waals surface area contributed by atoms with Crippen molar-refractivity contribution >= 4 is 11.9 Å². The molecule has 0 bridgehead atoms. The van der Waals surface area contributed by atoms with Gasteiger partial charge in [-0.05, 0) is 36.4 Å². The van der Waals surface area contributed by atoms with Crippen molar-refractivity contribution in [1.29, 1.82) is 0 Å². The Hall–Kier alpha value is -3.88. The van der Waals surface area contributed by atoms with Gasteiger partial charge in [0.25, 0.3) is 5.91 Å². The zero-order valence-electron chi connectivity index (χ0n) is 15.4. The normalized spacial score (nSPS) is 14.8. The molecular formula is C20H18N4O5. The largest absolute Gasteiger partial charge is 0.486 e. The number of esters is 1. The van der Waals surface area contributed by atoms with Crippen LogP contribution in [0.5, 0.6) is 11.5 Å². The van der Waals surface area contributed by atoms with Gasteiger partial charge in [0.15, 0.2) is 18.1 Å². The highest BCUT2D eigenvalue weighted by atomic mass is 16.6. The Bertz CT molecular complexity index is 988. The monoisotopic (exact) mass is 394 g/mol. The molecule has 1 amide bonds. The average Bonchev–Trinajstić information content (AvgIpc) is 3.31. The van der Waals surface area contributed by atoms with Crippen molar-refractivity contribution in [2.45, 2.75) is 6.10 Å². The van der Waals surface area contributed by atoms with Crippen LogP contribution in [-0.4, -0.2) is 52.5 Å². The minimum absolute atomic E-state index is 0.247. The van der Waals surface area contributed by atoms with Crippen molar-refractivity contribution in [2.75, 3.05) is 19.8 Å². The number of ether oxygens (including phenoxy) is 3. The summed E-state index contributed by atoms with van der Waals surface area (Å²) in [5, 5.41) is 6.69. The number of carbonyl (C=O) groups excluding carboxylic acids is 2. The van der Waals surface area contributed by atoms with Crippen LogP contribution < -0.4 is 14.8 Å². The van der Waals surface area contributed by atoms with Crippen LogP contribution in [0, 0.1) is 0 Å². The second kappa shape index (κ2) is 8.42. The molecule has 4 rings (SSSR count). The summed E-state index contributed by atoms with van der Waals surface area (Å²) < 4.78 is 18.0. The third kappa shape index (κ3) is 4.52. The number of para-hydroxylation sites is 2. The van der Waals surface area contributed by atoms with Crippen molar-refractivity contribution in [2.24, 2.45) is 0 Å². The van der Waals surface area contributed by atoms with Crippen LogP contribution in [-0.2, 0) is 9.53 Å². The maximum absolute atomic E-state index is 12.1. The number of amides is 1. The minimum Gasteiger partial charge on any atom is -0.486 e. The molecule has 1 N–H and O–H groups in total. The van der Waals surface area contributed by atoms with Crippen LogP contribution in [0.1, 0.15) is 10.4 Å². The second-order valence-corrected chi connectivity index (χ2v) is 6.26. The summed E-state index contributed by atoms with van der Waals surface area (Å²) in [6.45, 7) is 0.195. The van der Waals surface area contributed by atoms with Crippen molar-refractivity contribution in [3.05, 3.63) is 66.7 Å². The number of carbonyl (C=O) groups is 2. The number of benzene rings is 2. The highest BCUT2D eigenvalue weighted by molar-refractivity contribution is 5.91. The SMILES string of the molecule is O=C(COC(=O)c1ccc(-n2cncn2)cc1)NCC1COc2ccccc2O1. The molecule has 1 aromatic heterocycles. The molecule has 0 fully saturated rings. The van der Waals surface area contributed by atoms with Crippen LogP contribution in [0.3, 0.4) is 0 Å². The van der Waals surface area contributed by atoms with Crippen molar-refractivity contribution < 1.29 is 23.8 Å². The smallest absolute Gasteiger partial charge is 0.338 e. The lowest BCUT2D eigenvalue weighted by Crippen LogP contribution is -2.42. The van der Waals surface area contributed by atoms with Gasteiger partial charge in [0.2, 0.25) is 0 Å². The van der Waals surface area contributed by atoms with E-state index in [1.807, 2.05) is 18.2 Å². The Morgan fingerprint density at radius 1 is 1.14 bits per heavy atom. The van der Waals surface area contributed by atoms with E-state index in [2.05, 4.69) is 15.4 Å². The molecule has 0 spiro atoms. The average molecular weight is 394 g/mol. The standard InChI is InChI=1S/C20H18N4O5/c25-19(22-9-16-10-27-17-3-1-2-4-18(17)29-16)11-28-20(26)14-5-7-15(8-6-14)24-13-21-12-23-24/h1-8,12-13,16H,9-11H2,(H,22,25). The summed E-state index contributed by atoms with van der Waals surface area (Å²) in [5.74, 6) is 0.314. The van der Waals surface area contributed by atoms with E-state index in [-0.39, 0.29) is 19.3 Å². The van der Waals surface area contributed by atoms with Crippen LogP contribution in [0.4, 0.5) is 0 Å². The first-order valence-corrected chi connectivity index (χ1v) is 8.96. The fourth-order valence-electron chi connectivity index (χ4n) is 2.75. The van der Waals surface area contributed by atoms with Crippen molar-refractivity contribution in [3.63, 3.8) is 0 Å². The number of nitrogens with zero attached hydrogens (tertiary/aromatic N) is 3. The minimum atomic E-state index is -0.587. The van der Waals surface area contributed by atoms with Crippen LogP contribution >= 0.6 is 0 Å². The number of aromatic nitrogens is 3. The van der Waals surface area contributed by atoms with Crippen LogP contribution in [0.25, 0.3) is 5.69 Å². The lowest BCUT2D eigenvalue weighted by Gasteiger charge is -2.26. The zero-order chi connectivity index (χ0) is 20.1. The van der Waals surface area contributed by atoms with E-state index in [9.17, 15) is 9.59 Å². The molecule has 1 aliphatic heterocycles. The van der Waals surface area contributed by atoms with Gasteiger partial charge in [-0.2, -0.15) is 5.10 Å². The van der Waals surface area contributed by atoms with Crippen molar-refractivity contribution in [1.82, 2.24) is 20.1 Å². The fourth-order valence-corrected chi connectivity index (χ4v) is 2.75. The molecule has 9 nitrogen and oxygen atoms in total. The molecule has 2 heterocycles. The number of hydrogen-bond acceptors (Lipinski definition) is 7. The summed E-state index contributed by atoms with van der Waals surface area (Å²) in [7, 11) is 0. The first-order chi connectivity index (χ1) is 14.2. The summed E-state index contributed by atoms with van der Waals surface area (Å²) in [4.78, 5) is 27.9. The Morgan fingerprint density at radius 3 is 2.69 bits per heavy atom. The third-order valence-corrected chi connectivity index (χ3v) is 4.22. The van der Waals surface area contributed by atoms with Gasteiger partial charge in [-0.25, -0.2) is 14.5 Å². The van der Waals surface area contributed by atoms with Crippen molar-refractivity contribution in [3.8, 4) is 17.2 Å². The maximum Gasteiger partial charge on any atom is 0.338 e. The Labute approximate surface area is 166 Å². The summed E-state index contributed by atoms with van der Waals surface area (Å²) >= 11 is 0. The van der Waals surface area contributed by atoms with E-state index < -0.39 is 11.9 Å². The van der Waals surface area contributed by atoms with Gasteiger partial charge in [-0.3, -0.25) is 4.79 Å². The van der Waals surface area contributed by atoms with E-state index in [1.165, 1.54) is 6.33 Å². The Balaban J connectivity index is 1.22. The first-order valence-electron chi connectivity index (χ1n) is 8.96. The van der Waals surface area contributed by atoms with E-state index in [0.29, 0.717) is 23.7 Å². The number of nitrogens with one attached hydrogen (secondary N) is 1. The highest BCUT2D eigenvalue weighted by Gasteiger charge is 2.21. The molecule has 0 saturated heterocycles. The molecule has 9 heteroatoms. The maximum atomic E-state index is 12.1. The third-order valence-electron chi connectivity index (χ3n) is 4.22. The second-order valence-electron chi connectivity index (χ2n) is 6.26. The number of rotatable bonds is 6. The van der Waals surface area contributed by atoms with Gasteiger partial charge >= 0.3 is 5.97 Å². The van der Waals surface area contributed by atoms with E-state index in [0.717, 1.165) is 5.69 Å². The topological polar surface area (TPSA) is 105 Å². The lowest BCUT2D eigenvalue weighted by atomic mass is 10.2. The van der Waals surface area contributed by atoms with Gasteiger partial charge < -0.3 is 19.5 Å². The van der Waals surface area contributed by atoms with Gasteiger partial charge in [-0.15, -0.1) is 0 Å². The predicted molar refractivity (Wildman–Crippen MR) is 101 cm³/mol. The van der Waals surface area contributed by atoms with E-state index in [4.69, 9.17) is 14.2 Å². The molecular weight excluding hydrogens is 376 g/mol. The van der Waals surface area contributed by atoms with Crippen LogP contribution in [0.15, 0.2) is 61.2 Å². The molecule has 1 aliphatic rings. The lowest BCUT2D eigenvalue weighted by molar-refractivity contribution is -0.124. The summed E-state index contributed by atoms with van der Waals surface area (Å²) in [6, 6.07) is 14.0.